The zero-order valence-electron chi connectivity index (χ0n) is 5.87. The molecule has 62 valence electrons. The maximum atomic E-state index is 11.8. The van der Waals surface area contributed by atoms with Crippen LogP contribution in [0.15, 0.2) is 23.4 Å². The summed E-state index contributed by atoms with van der Waals surface area (Å²) in [6.45, 7) is 0. The third-order valence-electron chi connectivity index (χ3n) is 1.07. The number of halogens is 2. The van der Waals surface area contributed by atoms with Crippen molar-refractivity contribution >= 4 is 11.8 Å². The first-order chi connectivity index (χ1) is 5.72. The fraction of sp³-hybridized carbons (Fsp3) is 0.143. The molecule has 0 fully saturated rings. The van der Waals surface area contributed by atoms with E-state index in [9.17, 15) is 8.78 Å². The largest absolute Gasteiger partial charge is 0.290 e. The van der Waals surface area contributed by atoms with Crippen LogP contribution in [0, 0.1) is 11.3 Å². The number of hydrogen-bond donors (Lipinski definition) is 0. The van der Waals surface area contributed by atoms with Gasteiger partial charge < -0.3 is 0 Å². The molecule has 0 unspecified atom stereocenters. The van der Waals surface area contributed by atoms with E-state index in [2.05, 4.69) is 4.98 Å². The molecule has 0 aliphatic rings. The van der Waals surface area contributed by atoms with E-state index in [-0.39, 0.29) is 5.03 Å². The average molecular weight is 186 g/mol. The summed E-state index contributed by atoms with van der Waals surface area (Å²) in [6.07, 6.45) is 1.34. The van der Waals surface area contributed by atoms with Gasteiger partial charge >= 0.3 is 0 Å². The molecule has 0 bridgehead atoms. The fourth-order valence-electron chi connectivity index (χ4n) is 0.635. The van der Waals surface area contributed by atoms with Crippen molar-refractivity contribution < 1.29 is 8.78 Å². The maximum Gasteiger partial charge on any atom is 0.290 e. The molecule has 1 heterocycles. The summed E-state index contributed by atoms with van der Waals surface area (Å²) in [4.78, 5) is 3.66. The van der Waals surface area contributed by atoms with Crippen molar-refractivity contribution in [2.24, 2.45) is 0 Å². The number of rotatable bonds is 2. The van der Waals surface area contributed by atoms with Crippen molar-refractivity contribution in [3.05, 3.63) is 23.9 Å². The van der Waals surface area contributed by atoms with Gasteiger partial charge in [0.05, 0.1) is 11.6 Å². The van der Waals surface area contributed by atoms with Crippen molar-refractivity contribution in [3.63, 3.8) is 0 Å². The minimum Gasteiger partial charge on any atom is -0.250 e. The first-order valence-electron chi connectivity index (χ1n) is 3.03. The van der Waals surface area contributed by atoms with Gasteiger partial charge in [0, 0.05) is 6.20 Å². The van der Waals surface area contributed by atoms with E-state index in [4.69, 9.17) is 5.26 Å². The van der Waals surface area contributed by atoms with Gasteiger partial charge in [-0.05, 0) is 23.9 Å². The minimum atomic E-state index is -2.49. The normalized spacial score (nSPS) is 9.83. The van der Waals surface area contributed by atoms with Crippen LogP contribution in [-0.4, -0.2) is 10.7 Å². The van der Waals surface area contributed by atoms with Gasteiger partial charge in [0.15, 0.2) is 0 Å². The van der Waals surface area contributed by atoms with Crippen LogP contribution in [0.5, 0.6) is 0 Å². The molecule has 1 rings (SSSR count). The fourth-order valence-corrected chi connectivity index (χ4v) is 1.13. The Morgan fingerprint density at radius 1 is 1.58 bits per heavy atom. The molecule has 2 nitrogen and oxygen atoms in total. The molecular formula is C7H4F2N2S. The van der Waals surface area contributed by atoms with Crippen molar-refractivity contribution in [3.8, 4) is 6.07 Å². The number of nitriles is 1. The summed E-state index contributed by atoms with van der Waals surface area (Å²) in [7, 11) is 0. The van der Waals surface area contributed by atoms with Crippen molar-refractivity contribution in [2.75, 3.05) is 0 Å². The number of hydrogen-bond acceptors (Lipinski definition) is 3. The molecule has 0 atom stereocenters. The van der Waals surface area contributed by atoms with Gasteiger partial charge in [0.25, 0.3) is 5.76 Å². The summed E-state index contributed by atoms with van der Waals surface area (Å²) in [5, 5.41) is 8.59. The molecule has 0 saturated heterocycles. The Morgan fingerprint density at radius 3 is 2.92 bits per heavy atom. The third kappa shape index (κ3) is 2.47. The molecule has 0 aliphatic heterocycles. The topological polar surface area (TPSA) is 36.7 Å². The van der Waals surface area contributed by atoms with Crippen LogP contribution < -0.4 is 0 Å². The molecule has 12 heavy (non-hydrogen) atoms. The average Bonchev–Trinajstić information content (AvgIpc) is 2.03. The lowest BCUT2D eigenvalue weighted by Crippen LogP contribution is -1.86. The number of nitrogens with zero attached hydrogens (tertiary/aromatic N) is 2. The van der Waals surface area contributed by atoms with Gasteiger partial charge in [-0.2, -0.15) is 14.0 Å². The molecule has 0 amide bonds. The van der Waals surface area contributed by atoms with Crippen LogP contribution >= 0.6 is 11.8 Å². The van der Waals surface area contributed by atoms with Crippen LogP contribution in [0.4, 0.5) is 8.78 Å². The van der Waals surface area contributed by atoms with E-state index in [0.717, 1.165) is 0 Å². The van der Waals surface area contributed by atoms with E-state index in [1.54, 1.807) is 0 Å². The van der Waals surface area contributed by atoms with Crippen molar-refractivity contribution in [1.29, 1.82) is 5.26 Å². The monoisotopic (exact) mass is 186 g/mol. The highest BCUT2D eigenvalue weighted by Crippen LogP contribution is 2.23. The second-order valence-corrected chi connectivity index (χ2v) is 2.88. The van der Waals surface area contributed by atoms with E-state index < -0.39 is 5.76 Å². The molecule has 0 spiro atoms. The first kappa shape index (κ1) is 8.94. The Hall–Kier alpha value is -1.15. The third-order valence-corrected chi connectivity index (χ3v) is 1.72. The Balaban J connectivity index is 2.81. The lowest BCUT2D eigenvalue weighted by Gasteiger charge is -1.97. The smallest absolute Gasteiger partial charge is 0.250 e. The minimum absolute atomic E-state index is 0.170. The standard InChI is InChI=1S/C7H4F2N2S/c8-7(9)12-6-3-5(4-10)1-2-11-6/h1-3,7H. The number of alkyl halides is 2. The molecule has 0 aromatic carbocycles. The Kier molecular flexibility index (Phi) is 3.00. The molecule has 0 saturated carbocycles. The number of thioether (sulfide) groups is 1. The highest BCUT2D eigenvalue weighted by atomic mass is 32.2. The summed E-state index contributed by atoms with van der Waals surface area (Å²) >= 11 is 0.332. The second-order valence-electron chi connectivity index (χ2n) is 1.87. The molecular weight excluding hydrogens is 182 g/mol. The molecule has 0 aliphatic carbocycles. The summed E-state index contributed by atoms with van der Waals surface area (Å²) in [5.74, 6) is -2.49. The Bertz CT molecular complexity index is 309. The highest BCUT2D eigenvalue weighted by molar-refractivity contribution is 7.99. The highest BCUT2D eigenvalue weighted by Gasteiger charge is 2.06. The van der Waals surface area contributed by atoms with Crippen LogP contribution in [-0.2, 0) is 0 Å². The lowest BCUT2D eigenvalue weighted by atomic mass is 10.3. The molecule has 5 heteroatoms. The first-order valence-corrected chi connectivity index (χ1v) is 3.91. The van der Waals surface area contributed by atoms with Gasteiger partial charge in [-0.25, -0.2) is 4.98 Å². The van der Waals surface area contributed by atoms with Gasteiger partial charge in [-0.15, -0.1) is 0 Å². The van der Waals surface area contributed by atoms with E-state index >= 15 is 0 Å². The lowest BCUT2D eigenvalue weighted by molar-refractivity contribution is 0.252. The molecule has 1 aromatic rings. The van der Waals surface area contributed by atoms with E-state index in [1.165, 1.54) is 18.3 Å². The summed E-state index contributed by atoms with van der Waals surface area (Å²) < 4.78 is 23.6. The predicted octanol–water partition coefficient (Wildman–Crippen LogP) is 2.27. The van der Waals surface area contributed by atoms with Gasteiger partial charge in [0.2, 0.25) is 0 Å². The molecule has 0 radical (unpaired) electrons. The maximum absolute atomic E-state index is 11.8. The van der Waals surface area contributed by atoms with Crippen LogP contribution in [0.1, 0.15) is 5.56 Å². The van der Waals surface area contributed by atoms with Crippen LogP contribution in [0.25, 0.3) is 0 Å². The summed E-state index contributed by atoms with van der Waals surface area (Å²) in [5.41, 5.74) is 0.341. The van der Waals surface area contributed by atoms with E-state index in [0.29, 0.717) is 17.3 Å². The quantitative estimate of drug-likeness (QED) is 0.665. The molecule has 0 N–H and O–H groups in total. The van der Waals surface area contributed by atoms with Gasteiger partial charge in [0.1, 0.15) is 5.03 Å². The van der Waals surface area contributed by atoms with Gasteiger partial charge in [-0.3, -0.25) is 0 Å². The Labute approximate surface area is 72.2 Å². The Morgan fingerprint density at radius 2 is 2.33 bits per heavy atom. The predicted molar refractivity (Wildman–Crippen MR) is 40.8 cm³/mol. The summed E-state index contributed by atoms with van der Waals surface area (Å²) in [6, 6.07) is 4.64. The van der Waals surface area contributed by atoms with Crippen LogP contribution in [0.2, 0.25) is 0 Å². The van der Waals surface area contributed by atoms with Crippen LogP contribution in [0.3, 0.4) is 0 Å². The van der Waals surface area contributed by atoms with Crippen molar-refractivity contribution in [2.45, 2.75) is 10.8 Å². The number of aromatic nitrogens is 1. The molecule has 1 aromatic heterocycles. The van der Waals surface area contributed by atoms with Crippen molar-refractivity contribution in [1.82, 2.24) is 4.98 Å². The van der Waals surface area contributed by atoms with E-state index in [1.807, 2.05) is 6.07 Å². The zero-order chi connectivity index (χ0) is 8.97. The number of pyridine rings is 1. The van der Waals surface area contributed by atoms with Gasteiger partial charge in [-0.1, -0.05) is 0 Å². The zero-order valence-corrected chi connectivity index (χ0v) is 6.68. The SMILES string of the molecule is N#Cc1ccnc(SC(F)F)c1. The second kappa shape index (κ2) is 4.02.